The Morgan fingerprint density at radius 1 is 1.23 bits per heavy atom. The molecule has 0 saturated heterocycles. The zero-order chi connectivity index (χ0) is 15.9. The Hall–Kier alpha value is -2.42. The van der Waals surface area contributed by atoms with Gasteiger partial charge in [-0.05, 0) is 30.4 Å². The Kier molecular flexibility index (Phi) is 3.36. The minimum absolute atomic E-state index is 0.132. The molecule has 0 bridgehead atoms. The normalized spacial score (nSPS) is 11.8. The molecule has 0 atom stereocenters. The van der Waals surface area contributed by atoms with Gasteiger partial charge in [0.05, 0.1) is 11.3 Å². The summed E-state index contributed by atoms with van der Waals surface area (Å²) in [5.41, 5.74) is 0.923. The average molecular weight is 326 g/mol. The van der Waals surface area contributed by atoms with Gasteiger partial charge in [0, 0.05) is 12.6 Å². The van der Waals surface area contributed by atoms with Crippen LogP contribution in [0.15, 0.2) is 34.7 Å². The van der Waals surface area contributed by atoms with Gasteiger partial charge in [0.15, 0.2) is 0 Å². The van der Waals surface area contributed by atoms with E-state index in [1.165, 1.54) is 16.8 Å². The number of hydrogen-bond donors (Lipinski definition) is 1. The number of rotatable bonds is 2. The van der Waals surface area contributed by atoms with Crippen molar-refractivity contribution in [3.05, 3.63) is 40.7 Å². The third-order valence-corrected chi connectivity index (χ3v) is 3.22. The molecule has 0 unspecified atom stereocenters. The molecule has 0 aliphatic rings. The van der Waals surface area contributed by atoms with Crippen molar-refractivity contribution < 1.29 is 17.6 Å². The van der Waals surface area contributed by atoms with E-state index in [4.69, 9.17) is 16.6 Å². The molecule has 0 amide bonds. The third kappa shape index (κ3) is 2.67. The summed E-state index contributed by atoms with van der Waals surface area (Å²) in [6.07, 6.45) is -4.36. The Morgan fingerprint density at radius 3 is 2.45 bits per heavy atom. The molecular formula is C13H9F3N4OS. The standard InChI is InChI=1S/C13H9F3N4OS/c1-20-10(11-17-18-12(22)21-11)6-9(19-20)7-2-4-8(5-3-7)13(14,15)16/h2-6H,1H3,(H,18,22). The summed E-state index contributed by atoms with van der Waals surface area (Å²) in [5.74, 6) is 0.262. The van der Waals surface area contributed by atoms with E-state index < -0.39 is 11.7 Å². The van der Waals surface area contributed by atoms with Crippen LogP contribution in [-0.4, -0.2) is 20.0 Å². The highest BCUT2D eigenvalue weighted by atomic mass is 32.1. The molecular weight excluding hydrogens is 317 g/mol. The average Bonchev–Trinajstić information content (AvgIpc) is 3.04. The molecule has 0 aliphatic carbocycles. The quantitative estimate of drug-likeness (QED) is 0.727. The van der Waals surface area contributed by atoms with E-state index >= 15 is 0 Å². The van der Waals surface area contributed by atoms with E-state index in [1.807, 2.05) is 0 Å². The number of aromatic amines is 1. The van der Waals surface area contributed by atoms with Gasteiger partial charge in [0.1, 0.15) is 5.69 Å². The number of aromatic nitrogens is 4. The molecule has 1 aromatic carbocycles. The number of alkyl halides is 3. The van der Waals surface area contributed by atoms with Crippen molar-refractivity contribution in [3.8, 4) is 22.8 Å². The summed E-state index contributed by atoms with van der Waals surface area (Å²) < 4.78 is 44.4. The van der Waals surface area contributed by atoms with Gasteiger partial charge in [-0.15, -0.1) is 5.10 Å². The number of hydrogen-bond acceptors (Lipinski definition) is 4. The minimum Gasteiger partial charge on any atom is -0.408 e. The second-order valence-corrected chi connectivity index (χ2v) is 4.90. The molecule has 5 nitrogen and oxygen atoms in total. The highest BCUT2D eigenvalue weighted by Gasteiger charge is 2.30. The predicted molar refractivity (Wildman–Crippen MR) is 74.3 cm³/mol. The van der Waals surface area contributed by atoms with Crippen LogP contribution < -0.4 is 0 Å². The van der Waals surface area contributed by atoms with Crippen molar-refractivity contribution >= 4 is 12.2 Å². The second kappa shape index (κ2) is 5.09. The number of H-pyrrole nitrogens is 1. The number of nitrogens with zero attached hydrogens (tertiary/aromatic N) is 3. The number of nitrogens with one attached hydrogen (secondary N) is 1. The molecule has 3 aromatic rings. The van der Waals surface area contributed by atoms with Crippen LogP contribution in [0.25, 0.3) is 22.8 Å². The minimum atomic E-state index is -4.36. The summed E-state index contributed by atoms with van der Waals surface area (Å²) in [6.45, 7) is 0. The van der Waals surface area contributed by atoms with Crippen LogP contribution in [0, 0.1) is 4.84 Å². The van der Waals surface area contributed by atoms with E-state index in [9.17, 15) is 13.2 Å². The lowest BCUT2D eigenvalue weighted by Crippen LogP contribution is -2.04. The number of benzene rings is 1. The van der Waals surface area contributed by atoms with Crippen LogP contribution >= 0.6 is 12.2 Å². The second-order valence-electron chi connectivity index (χ2n) is 4.53. The molecule has 0 aliphatic heterocycles. The Labute approximate surface area is 127 Å². The first-order valence-corrected chi connectivity index (χ1v) is 6.53. The van der Waals surface area contributed by atoms with E-state index in [0.29, 0.717) is 17.0 Å². The molecule has 22 heavy (non-hydrogen) atoms. The molecule has 2 heterocycles. The lowest BCUT2D eigenvalue weighted by molar-refractivity contribution is -0.137. The summed E-state index contributed by atoms with van der Waals surface area (Å²) >= 11 is 4.80. The molecule has 9 heteroatoms. The zero-order valence-corrected chi connectivity index (χ0v) is 12.0. The van der Waals surface area contributed by atoms with E-state index in [1.54, 1.807) is 13.1 Å². The fraction of sp³-hybridized carbons (Fsp3) is 0.154. The van der Waals surface area contributed by atoms with Crippen molar-refractivity contribution in [3.63, 3.8) is 0 Å². The van der Waals surface area contributed by atoms with Crippen LogP contribution in [0.2, 0.25) is 0 Å². The molecule has 0 fully saturated rings. The molecule has 1 N–H and O–H groups in total. The number of halogens is 3. The Balaban J connectivity index is 1.98. The SMILES string of the molecule is Cn1nc(-c2ccc(C(F)(F)F)cc2)cc1-c1n[nH]c(=S)o1. The summed E-state index contributed by atoms with van der Waals surface area (Å²) in [7, 11) is 1.68. The first kappa shape index (κ1) is 14.5. The van der Waals surface area contributed by atoms with Gasteiger partial charge in [-0.25, -0.2) is 5.10 Å². The van der Waals surface area contributed by atoms with Gasteiger partial charge in [-0.1, -0.05) is 12.1 Å². The largest absolute Gasteiger partial charge is 0.416 e. The smallest absolute Gasteiger partial charge is 0.408 e. The first-order valence-electron chi connectivity index (χ1n) is 6.12. The zero-order valence-electron chi connectivity index (χ0n) is 11.2. The van der Waals surface area contributed by atoms with Crippen molar-refractivity contribution in [2.24, 2.45) is 7.05 Å². The van der Waals surface area contributed by atoms with Gasteiger partial charge in [-0.3, -0.25) is 4.68 Å². The van der Waals surface area contributed by atoms with E-state index in [-0.39, 0.29) is 10.7 Å². The van der Waals surface area contributed by atoms with Crippen molar-refractivity contribution in [2.45, 2.75) is 6.18 Å². The van der Waals surface area contributed by atoms with E-state index in [0.717, 1.165) is 12.1 Å². The molecule has 0 spiro atoms. The maximum atomic E-state index is 12.6. The highest BCUT2D eigenvalue weighted by molar-refractivity contribution is 7.71. The molecule has 114 valence electrons. The highest BCUT2D eigenvalue weighted by Crippen LogP contribution is 2.31. The van der Waals surface area contributed by atoms with Crippen LogP contribution in [0.3, 0.4) is 0 Å². The van der Waals surface area contributed by atoms with Gasteiger partial charge >= 0.3 is 6.18 Å². The Morgan fingerprint density at radius 2 is 1.91 bits per heavy atom. The molecule has 3 rings (SSSR count). The monoisotopic (exact) mass is 326 g/mol. The number of aryl methyl sites for hydroxylation is 1. The van der Waals surface area contributed by atoms with Gasteiger partial charge in [0.25, 0.3) is 10.7 Å². The maximum absolute atomic E-state index is 12.6. The lowest BCUT2D eigenvalue weighted by atomic mass is 10.1. The van der Waals surface area contributed by atoms with Crippen molar-refractivity contribution in [2.75, 3.05) is 0 Å². The van der Waals surface area contributed by atoms with Crippen LogP contribution in [-0.2, 0) is 13.2 Å². The topological polar surface area (TPSA) is 59.6 Å². The fourth-order valence-corrected chi connectivity index (χ4v) is 2.10. The third-order valence-electron chi connectivity index (χ3n) is 3.05. The summed E-state index contributed by atoms with van der Waals surface area (Å²) in [5, 5.41) is 10.6. The maximum Gasteiger partial charge on any atom is 0.416 e. The van der Waals surface area contributed by atoms with Gasteiger partial charge in [0.2, 0.25) is 0 Å². The van der Waals surface area contributed by atoms with Gasteiger partial charge in [-0.2, -0.15) is 18.3 Å². The molecule has 0 radical (unpaired) electrons. The fourth-order valence-electron chi connectivity index (χ4n) is 1.98. The van der Waals surface area contributed by atoms with E-state index in [2.05, 4.69) is 15.3 Å². The Bertz CT molecular complexity index is 861. The first-order chi connectivity index (χ1) is 10.3. The molecule has 0 saturated carbocycles. The summed E-state index contributed by atoms with van der Waals surface area (Å²) in [6, 6.07) is 6.44. The summed E-state index contributed by atoms with van der Waals surface area (Å²) in [4.78, 5) is 0.132. The van der Waals surface area contributed by atoms with Gasteiger partial charge < -0.3 is 4.42 Å². The van der Waals surface area contributed by atoms with Crippen LogP contribution in [0.1, 0.15) is 5.56 Å². The van der Waals surface area contributed by atoms with Crippen molar-refractivity contribution in [1.29, 1.82) is 0 Å². The van der Waals surface area contributed by atoms with Crippen molar-refractivity contribution in [1.82, 2.24) is 20.0 Å². The molecule has 2 aromatic heterocycles. The predicted octanol–water partition coefficient (Wildman–Crippen LogP) is 3.82. The van der Waals surface area contributed by atoms with Crippen LogP contribution in [0.4, 0.5) is 13.2 Å². The van der Waals surface area contributed by atoms with Crippen LogP contribution in [0.5, 0.6) is 0 Å². The lowest BCUT2D eigenvalue weighted by Gasteiger charge is -2.06.